The number of rotatable bonds is 10. The topological polar surface area (TPSA) is 52.6 Å². The number of carbonyl (C=O) groups excluding carboxylic acids is 2. The molecule has 0 aliphatic rings. The molecular weight excluding hydrogens is 232 g/mol. The van der Waals surface area contributed by atoms with E-state index in [-0.39, 0.29) is 11.9 Å². The Balaban J connectivity index is 3.14. The van der Waals surface area contributed by atoms with Crippen LogP contribution < -0.4 is 0 Å². The summed E-state index contributed by atoms with van der Waals surface area (Å²) in [5.74, 6) is -0.420. The smallest absolute Gasteiger partial charge is 0.302 e. The van der Waals surface area contributed by atoms with Crippen LogP contribution in [0.3, 0.4) is 0 Å². The zero-order valence-electron chi connectivity index (χ0n) is 11.4. The minimum absolute atomic E-state index is 0.210. The maximum absolute atomic E-state index is 10.5. The van der Waals surface area contributed by atoms with Crippen molar-refractivity contribution in [3.8, 4) is 0 Å². The van der Waals surface area contributed by atoms with Crippen molar-refractivity contribution in [1.29, 1.82) is 0 Å². The monoisotopic (exact) mass is 256 g/mol. The molecule has 0 fully saturated rings. The van der Waals surface area contributed by atoms with E-state index in [9.17, 15) is 9.59 Å². The number of ether oxygens (including phenoxy) is 2. The molecule has 0 spiro atoms. The Morgan fingerprint density at radius 1 is 0.778 bits per heavy atom. The Hall–Kier alpha value is -1.32. The third-order valence-corrected chi connectivity index (χ3v) is 2.31. The van der Waals surface area contributed by atoms with Crippen LogP contribution in [0.5, 0.6) is 0 Å². The quantitative estimate of drug-likeness (QED) is 0.342. The van der Waals surface area contributed by atoms with Crippen LogP contribution >= 0.6 is 0 Å². The van der Waals surface area contributed by atoms with Crippen LogP contribution in [0.1, 0.15) is 52.4 Å². The Kier molecular flexibility index (Phi) is 11.3. The lowest BCUT2D eigenvalue weighted by Crippen LogP contribution is -2.00. The van der Waals surface area contributed by atoms with Crippen molar-refractivity contribution in [2.75, 3.05) is 13.2 Å². The Labute approximate surface area is 109 Å². The van der Waals surface area contributed by atoms with Crippen LogP contribution in [0.25, 0.3) is 0 Å². The molecule has 0 saturated carbocycles. The summed E-state index contributed by atoms with van der Waals surface area (Å²) >= 11 is 0. The van der Waals surface area contributed by atoms with Gasteiger partial charge in [-0.3, -0.25) is 9.59 Å². The summed E-state index contributed by atoms with van der Waals surface area (Å²) in [4.78, 5) is 21.0. The fraction of sp³-hybridized carbons (Fsp3) is 0.714. The lowest BCUT2D eigenvalue weighted by Gasteiger charge is -2.00. The van der Waals surface area contributed by atoms with Gasteiger partial charge in [-0.05, 0) is 38.5 Å². The van der Waals surface area contributed by atoms with E-state index in [1.54, 1.807) is 0 Å². The van der Waals surface area contributed by atoms with Crippen LogP contribution in [0.2, 0.25) is 0 Å². The number of hydrogen-bond donors (Lipinski definition) is 0. The molecule has 4 nitrogen and oxygen atoms in total. The van der Waals surface area contributed by atoms with Crippen molar-refractivity contribution in [2.45, 2.75) is 52.4 Å². The molecule has 0 aromatic carbocycles. The van der Waals surface area contributed by atoms with Crippen molar-refractivity contribution in [1.82, 2.24) is 0 Å². The number of esters is 2. The van der Waals surface area contributed by atoms with Gasteiger partial charge in [-0.1, -0.05) is 12.2 Å². The first-order valence-electron chi connectivity index (χ1n) is 6.54. The maximum atomic E-state index is 10.5. The Morgan fingerprint density at radius 2 is 1.17 bits per heavy atom. The van der Waals surface area contributed by atoms with Gasteiger partial charge < -0.3 is 9.47 Å². The zero-order chi connectivity index (χ0) is 13.6. The highest BCUT2D eigenvalue weighted by Crippen LogP contribution is 2.01. The first kappa shape index (κ1) is 16.7. The fourth-order valence-corrected chi connectivity index (χ4v) is 1.40. The van der Waals surface area contributed by atoms with Gasteiger partial charge in [0.25, 0.3) is 0 Å². The molecule has 0 aliphatic carbocycles. The zero-order valence-corrected chi connectivity index (χ0v) is 11.4. The Morgan fingerprint density at radius 3 is 1.50 bits per heavy atom. The van der Waals surface area contributed by atoms with E-state index in [1.807, 2.05) is 0 Å². The molecule has 0 atom stereocenters. The highest BCUT2D eigenvalue weighted by molar-refractivity contribution is 5.66. The van der Waals surface area contributed by atoms with Gasteiger partial charge in [0.15, 0.2) is 0 Å². The minimum atomic E-state index is -0.210. The number of unbranched alkanes of at least 4 members (excludes halogenated alkanes) is 4. The lowest BCUT2D eigenvalue weighted by molar-refractivity contribution is -0.142. The first-order valence-corrected chi connectivity index (χ1v) is 6.54. The Bertz CT molecular complexity index is 233. The molecule has 18 heavy (non-hydrogen) atoms. The van der Waals surface area contributed by atoms with Crippen molar-refractivity contribution in [3.63, 3.8) is 0 Å². The highest BCUT2D eigenvalue weighted by atomic mass is 16.5. The highest BCUT2D eigenvalue weighted by Gasteiger charge is 1.92. The average Bonchev–Trinajstić information content (AvgIpc) is 2.29. The second kappa shape index (κ2) is 12.1. The van der Waals surface area contributed by atoms with Crippen LogP contribution in [-0.2, 0) is 19.1 Å². The van der Waals surface area contributed by atoms with Crippen LogP contribution in [0.4, 0.5) is 0 Å². The third-order valence-electron chi connectivity index (χ3n) is 2.31. The summed E-state index contributed by atoms with van der Waals surface area (Å²) in [6.45, 7) is 3.89. The normalized spacial score (nSPS) is 10.6. The molecule has 0 aromatic rings. The minimum Gasteiger partial charge on any atom is -0.466 e. The van der Waals surface area contributed by atoms with Crippen LogP contribution in [0, 0.1) is 0 Å². The average molecular weight is 256 g/mol. The molecule has 0 aliphatic heterocycles. The summed E-state index contributed by atoms with van der Waals surface area (Å²) in [5.41, 5.74) is 0. The van der Waals surface area contributed by atoms with Crippen LogP contribution in [0.15, 0.2) is 12.2 Å². The lowest BCUT2D eigenvalue weighted by atomic mass is 10.2. The van der Waals surface area contributed by atoms with E-state index in [0.29, 0.717) is 13.2 Å². The fourth-order valence-electron chi connectivity index (χ4n) is 1.40. The summed E-state index contributed by atoms with van der Waals surface area (Å²) in [6.07, 6.45) is 10.2. The van der Waals surface area contributed by atoms with Gasteiger partial charge in [-0.2, -0.15) is 0 Å². The summed E-state index contributed by atoms with van der Waals surface area (Å²) < 4.78 is 9.66. The van der Waals surface area contributed by atoms with Gasteiger partial charge in [0.05, 0.1) is 13.2 Å². The molecule has 0 aromatic heterocycles. The predicted octanol–water partition coefficient (Wildman–Crippen LogP) is 3.01. The van der Waals surface area contributed by atoms with Gasteiger partial charge in [0.2, 0.25) is 0 Å². The third kappa shape index (κ3) is 14.7. The van der Waals surface area contributed by atoms with E-state index in [0.717, 1.165) is 38.5 Å². The molecule has 0 unspecified atom stereocenters. The molecule has 0 amide bonds. The van der Waals surface area contributed by atoms with Crippen molar-refractivity contribution in [3.05, 3.63) is 12.2 Å². The van der Waals surface area contributed by atoms with E-state index in [2.05, 4.69) is 12.2 Å². The molecule has 4 heteroatoms. The molecule has 0 bridgehead atoms. The standard InChI is InChI=1S/C14H24O4/c1-13(15)17-11-9-7-5-3-4-6-8-10-12-18-14(2)16/h3-4H,5-12H2,1-2H3/b4-3+. The molecular formula is C14H24O4. The number of allylic oxidation sites excluding steroid dienone is 2. The van der Waals surface area contributed by atoms with Gasteiger partial charge in [0.1, 0.15) is 0 Å². The molecule has 0 heterocycles. The van der Waals surface area contributed by atoms with Crippen LogP contribution in [-0.4, -0.2) is 25.2 Å². The predicted molar refractivity (Wildman–Crippen MR) is 70.1 cm³/mol. The van der Waals surface area contributed by atoms with Gasteiger partial charge in [-0.15, -0.1) is 0 Å². The SMILES string of the molecule is CC(=O)OCCCC/C=C/CCCCOC(C)=O. The van der Waals surface area contributed by atoms with Gasteiger partial charge in [-0.25, -0.2) is 0 Å². The van der Waals surface area contributed by atoms with E-state index < -0.39 is 0 Å². The summed E-state index contributed by atoms with van der Waals surface area (Å²) in [5, 5.41) is 0. The summed E-state index contributed by atoms with van der Waals surface area (Å²) in [7, 11) is 0. The maximum Gasteiger partial charge on any atom is 0.302 e. The second-order valence-corrected chi connectivity index (χ2v) is 4.14. The van der Waals surface area contributed by atoms with Gasteiger partial charge >= 0.3 is 11.9 Å². The van der Waals surface area contributed by atoms with Crippen molar-refractivity contribution in [2.24, 2.45) is 0 Å². The second-order valence-electron chi connectivity index (χ2n) is 4.14. The molecule has 0 radical (unpaired) electrons. The van der Waals surface area contributed by atoms with Crippen molar-refractivity contribution >= 4 is 11.9 Å². The number of carbonyl (C=O) groups is 2. The van der Waals surface area contributed by atoms with Gasteiger partial charge in [0, 0.05) is 13.8 Å². The van der Waals surface area contributed by atoms with Crippen molar-refractivity contribution < 1.29 is 19.1 Å². The number of hydrogen-bond acceptors (Lipinski definition) is 4. The summed E-state index contributed by atoms with van der Waals surface area (Å²) in [6, 6.07) is 0. The first-order chi connectivity index (χ1) is 8.63. The molecule has 0 saturated heterocycles. The molecule has 0 N–H and O–H groups in total. The molecule has 104 valence electrons. The van der Waals surface area contributed by atoms with E-state index >= 15 is 0 Å². The van der Waals surface area contributed by atoms with E-state index in [4.69, 9.17) is 9.47 Å². The van der Waals surface area contributed by atoms with E-state index in [1.165, 1.54) is 13.8 Å². The molecule has 0 rings (SSSR count). The largest absolute Gasteiger partial charge is 0.466 e.